The van der Waals surface area contributed by atoms with E-state index in [1.54, 1.807) is 45.9 Å². The minimum Gasteiger partial charge on any atom is -0.493 e. The standard InChI is InChI=1S/C27H28F6N2O5/c1-5-37-24(36)25(3,4)40-23-11-10-21(14-17(23)2)38-13-12-19-15-22(34-35(19)16-26(28,29)30)18-6-8-20(9-7-18)39-27(31,32)33/h6-11,14-15H,5,12-13,16H2,1-4H3. The molecule has 0 N–H and O–H groups in total. The van der Waals surface area contributed by atoms with Gasteiger partial charge in [0.25, 0.3) is 0 Å². The summed E-state index contributed by atoms with van der Waals surface area (Å²) in [5.41, 5.74) is 0.130. The van der Waals surface area contributed by atoms with Gasteiger partial charge in [0.2, 0.25) is 0 Å². The number of halogens is 6. The molecule has 0 fully saturated rings. The minimum absolute atomic E-state index is 0.00924. The molecule has 13 heteroatoms. The zero-order chi connectivity index (χ0) is 29.7. The minimum atomic E-state index is -4.87. The number of rotatable bonds is 11. The van der Waals surface area contributed by atoms with Gasteiger partial charge in [-0.1, -0.05) is 0 Å². The first-order valence-corrected chi connectivity index (χ1v) is 12.2. The van der Waals surface area contributed by atoms with Gasteiger partial charge in [0.1, 0.15) is 23.8 Å². The number of benzene rings is 2. The number of carbonyl (C=O) groups is 1. The van der Waals surface area contributed by atoms with Gasteiger partial charge in [-0.2, -0.15) is 18.3 Å². The quantitative estimate of drug-likeness (QED) is 0.188. The molecule has 1 heterocycles. The summed E-state index contributed by atoms with van der Waals surface area (Å²) in [7, 11) is 0. The Morgan fingerprint density at radius 3 is 2.15 bits per heavy atom. The number of alkyl halides is 6. The maximum atomic E-state index is 13.2. The smallest absolute Gasteiger partial charge is 0.493 e. The van der Waals surface area contributed by atoms with Gasteiger partial charge in [0.05, 0.1) is 18.9 Å². The maximum absolute atomic E-state index is 13.2. The van der Waals surface area contributed by atoms with E-state index in [9.17, 15) is 31.1 Å². The molecule has 0 amide bonds. The van der Waals surface area contributed by atoms with E-state index in [2.05, 4.69) is 9.84 Å². The SMILES string of the molecule is CCOC(=O)C(C)(C)Oc1ccc(OCCc2cc(-c3ccc(OC(F)(F)F)cc3)nn2CC(F)(F)F)cc1C. The summed E-state index contributed by atoms with van der Waals surface area (Å²) < 4.78 is 97.9. The first kappa shape index (κ1) is 30.6. The van der Waals surface area contributed by atoms with Crippen LogP contribution in [0.25, 0.3) is 11.3 Å². The third-order valence-electron chi connectivity index (χ3n) is 5.48. The van der Waals surface area contributed by atoms with E-state index in [4.69, 9.17) is 14.2 Å². The van der Waals surface area contributed by atoms with Crippen molar-refractivity contribution < 1.29 is 50.1 Å². The molecule has 1 aromatic heterocycles. The van der Waals surface area contributed by atoms with Crippen molar-refractivity contribution in [2.75, 3.05) is 13.2 Å². The Balaban J connectivity index is 1.70. The predicted octanol–water partition coefficient (Wildman–Crippen LogP) is 6.66. The molecular formula is C27H28F6N2O5. The molecule has 40 heavy (non-hydrogen) atoms. The molecule has 2 aromatic carbocycles. The van der Waals surface area contributed by atoms with Crippen LogP contribution in [0.1, 0.15) is 32.0 Å². The highest BCUT2D eigenvalue weighted by atomic mass is 19.4. The van der Waals surface area contributed by atoms with Gasteiger partial charge in [0.15, 0.2) is 5.60 Å². The monoisotopic (exact) mass is 574 g/mol. The van der Waals surface area contributed by atoms with Gasteiger partial charge in [-0.05, 0) is 81.8 Å². The molecule has 0 bridgehead atoms. The van der Waals surface area contributed by atoms with Crippen LogP contribution in [0.15, 0.2) is 48.5 Å². The Morgan fingerprint density at radius 1 is 0.925 bits per heavy atom. The number of carbonyl (C=O) groups excluding carboxylic acids is 1. The summed E-state index contributed by atoms with van der Waals surface area (Å²) >= 11 is 0. The van der Waals surface area contributed by atoms with E-state index in [0.29, 0.717) is 22.6 Å². The average molecular weight is 575 g/mol. The van der Waals surface area contributed by atoms with Crippen LogP contribution in [0.3, 0.4) is 0 Å². The van der Waals surface area contributed by atoms with Crippen molar-refractivity contribution in [3.8, 4) is 28.5 Å². The van der Waals surface area contributed by atoms with Gasteiger partial charge in [-0.25, -0.2) is 4.79 Å². The second kappa shape index (κ2) is 12.1. The van der Waals surface area contributed by atoms with Crippen molar-refractivity contribution in [1.29, 1.82) is 0 Å². The Hall–Kier alpha value is -3.90. The highest BCUT2D eigenvalue weighted by Gasteiger charge is 2.33. The van der Waals surface area contributed by atoms with E-state index in [1.807, 2.05) is 0 Å². The van der Waals surface area contributed by atoms with Crippen molar-refractivity contribution >= 4 is 5.97 Å². The third kappa shape index (κ3) is 8.82. The lowest BCUT2D eigenvalue weighted by molar-refractivity contribution is -0.274. The first-order valence-electron chi connectivity index (χ1n) is 12.2. The van der Waals surface area contributed by atoms with Crippen molar-refractivity contribution in [1.82, 2.24) is 9.78 Å². The molecule has 7 nitrogen and oxygen atoms in total. The Morgan fingerprint density at radius 2 is 1.57 bits per heavy atom. The van der Waals surface area contributed by atoms with Gasteiger partial charge < -0.3 is 18.9 Å². The maximum Gasteiger partial charge on any atom is 0.573 e. The van der Waals surface area contributed by atoms with Crippen LogP contribution in [0.2, 0.25) is 0 Å². The fourth-order valence-electron chi connectivity index (χ4n) is 3.65. The van der Waals surface area contributed by atoms with Crippen LogP contribution in [-0.4, -0.2) is 47.1 Å². The van der Waals surface area contributed by atoms with Crippen LogP contribution in [0.4, 0.5) is 26.3 Å². The van der Waals surface area contributed by atoms with E-state index in [0.717, 1.165) is 16.8 Å². The highest BCUT2D eigenvalue weighted by molar-refractivity contribution is 5.79. The number of hydrogen-bond acceptors (Lipinski definition) is 6. The van der Waals surface area contributed by atoms with Crippen molar-refractivity contribution in [3.63, 3.8) is 0 Å². The van der Waals surface area contributed by atoms with Gasteiger partial charge in [0, 0.05) is 17.7 Å². The molecule has 0 spiro atoms. The van der Waals surface area contributed by atoms with Crippen LogP contribution < -0.4 is 14.2 Å². The number of nitrogens with zero attached hydrogens (tertiary/aromatic N) is 2. The van der Waals surface area contributed by atoms with E-state index in [1.165, 1.54) is 18.2 Å². The number of esters is 1. The zero-order valence-electron chi connectivity index (χ0n) is 22.2. The number of aryl methyl sites for hydroxylation is 1. The lowest BCUT2D eigenvalue weighted by Crippen LogP contribution is -2.39. The summed E-state index contributed by atoms with van der Waals surface area (Å²) in [4.78, 5) is 12.1. The van der Waals surface area contributed by atoms with Crippen LogP contribution in [-0.2, 0) is 22.5 Å². The summed E-state index contributed by atoms with van der Waals surface area (Å²) in [6.07, 6.45) is -9.35. The molecular weight excluding hydrogens is 546 g/mol. The van der Waals surface area contributed by atoms with Crippen LogP contribution in [0, 0.1) is 6.92 Å². The predicted molar refractivity (Wildman–Crippen MR) is 132 cm³/mol. The fourth-order valence-corrected chi connectivity index (χ4v) is 3.65. The fraction of sp³-hybridized carbons (Fsp3) is 0.407. The summed E-state index contributed by atoms with van der Waals surface area (Å²) in [6, 6.07) is 11.0. The average Bonchev–Trinajstić information content (AvgIpc) is 3.21. The molecule has 0 saturated heterocycles. The molecule has 0 saturated carbocycles. The van der Waals surface area contributed by atoms with Crippen molar-refractivity contribution in [2.24, 2.45) is 0 Å². The largest absolute Gasteiger partial charge is 0.573 e. The second-order valence-corrected chi connectivity index (χ2v) is 9.22. The number of ether oxygens (including phenoxy) is 4. The topological polar surface area (TPSA) is 71.8 Å². The molecule has 0 unspecified atom stereocenters. The molecule has 0 radical (unpaired) electrons. The molecule has 0 aliphatic heterocycles. The summed E-state index contributed by atoms with van der Waals surface area (Å²) in [6.45, 7) is 5.48. The number of aromatic nitrogens is 2. The molecule has 3 aromatic rings. The summed E-state index contributed by atoms with van der Waals surface area (Å²) in [5.74, 6) is -0.114. The zero-order valence-corrected chi connectivity index (χ0v) is 22.2. The van der Waals surface area contributed by atoms with Crippen LogP contribution >= 0.6 is 0 Å². The van der Waals surface area contributed by atoms with E-state index >= 15 is 0 Å². The highest BCUT2D eigenvalue weighted by Crippen LogP contribution is 2.29. The third-order valence-corrected chi connectivity index (χ3v) is 5.48. The van der Waals surface area contributed by atoms with Crippen molar-refractivity contribution in [3.05, 3.63) is 59.8 Å². The molecule has 0 atom stereocenters. The lowest BCUT2D eigenvalue weighted by atomic mass is 10.1. The van der Waals surface area contributed by atoms with E-state index < -0.39 is 36.4 Å². The second-order valence-electron chi connectivity index (χ2n) is 9.22. The normalized spacial score (nSPS) is 12.2. The van der Waals surface area contributed by atoms with Gasteiger partial charge in [-0.15, -0.1) is 13.2 Å². The first-order chi connectivity index (χ1) is 18.6. The Kier molecular flexibility index (Phi) is 9.26. The Labute approximate surface area is 226 Å². The Bertz CT molecular complexity index is 1300. The van der Waals surface area contributed by atoms with Crippen molar-refractivity contribution in [2.45, 2.75) is 58.8 Å². The summed E-state index contributed by atoms with van der Waals surface area (Å²) in [5, 5.41) is 4.01. The molecule has 218 valence electrons. The van der Waals surface area contributed by atoms with E-state index in [-0.39, 0.29) is 31.0 Å². The molecule has 0 aliphatic rings. The van der Waals surface area contributed by atoms with Gasteiger partial charge in [-0.3, -0.25) is 4.68 Å². The number of hydrogen-bond donors (Lipinski definition) is 0. The molecule has 0 aliphatic carbocycles. The van der Waals surface area contributed by atoms with Gasteiger partial charge >= 0.3 is 18.5 Å². The molecule has 3 rings (SSSR count). The lowest BCUT2D eigenvalue weighted by Gasteiger charge is -2.25. The van der Waals surface area contributed by atoms with Crippen LogP contribution in [0.5, 0.6) is 17.2 Å².